The van der Waals surface area contributed by atoms with Gasteiger partial charge in [0.15, 0.2) is 0 Å². The van der Waals surface area contributed by atoms with Crippen LogP contribution < -0.4 is 0 Å². The van der Waals surface area contributed by atoms with E-state index in [0.29, 0.717) is 18.3 Å². The van der Waals surface area contributed by atoms with E-state index in [-0.39, 0.29) is 0 Å². The number of hydrogen-bond donors (Lipinski definition) is 0. The molecule has 7 heteroatoms. The van der Waals surface area contributed by atoms with Crippen LogP contribution in [0, 0.1) is 13.8 Å². The number of aryl methyl sites for hydroxylation is 1. The van der Waals surface area contributed by atoms with E-state index in [4.69, 9.17) is 4.52 Å². The molecule has 98 valence electrons. The van der Waals surface area contributed by atoms with Gasteiger partial charge in [0.2, 0.25) is 11.7 Å². The average Bonchev–Trinajstić information content (AvgIpc) is 3.07. The largest absolute Gasteiger partial charge is 0.337 e. The molecule has 3 heterocycles. The Bertz CT molecular complexity index is 715. The van der Waals surface area contributed by atoms with Crippen molar-refractivity contribution < 1.29 is 4.52 Å². The lowest BCUT2D eigenvalue weighted by Crippen LogP contribution is -2.00. The molecule has 0 spiro atoms. The van der Waals surface area contributed by atoms with Gasteiger partial charge in [0.1, 0.15) is 6.54 Å². The Morgan fingerprint density at radius 3 is 2.89 bits per heavy atom. The van der Waals surface area contributed by atoms with Crippen molar-refractivity contribution in [3.8, 4) is 10.7 Å². The summed E-state index contributed by atoms with van der Waals surface area (Å²) in [5.41, 5.74) is 2.13. The molecule has 0 aliphatic heterocycles. The molecule has 0 radical (unpaired) electrons. The van der Waals surface area contributed by atoms with Crippen LogP contribution in [0.3, 0.4) is 0 Å². The molecule has 0 fully saturated rings. The van der Waals surface area contributed by atoms with Crippen molar-refractivity contribution in [3.63, 3.8) is 0 Å². The summed E-state index contributed by atoms with van der Waals surface area (Å²) >= 11 is 4.99. The van der Waals surface area contributed by atoms with Crippen molar-refractivity contribution in [2.75, 3.05) is 0 Å². The van der Waals surface area contributed by atoms with E-state index in [1.165, 1.54) is 0 Å². The van der Waals surface area contributed by atoms with E-state index in [2.05, 4.69) is 31.1 Å². The maximum absolute atomic E-state index is 5.28. The van der Waals surface area contributed by atoms with Gasteiger partial charge >= 0.3 is 0 Å². The van der Waals surface area contributed by atoms with E-state index in [9.17, 15) is 0 Å². The smallest absolute Gasteiger partial charge is 0.246 e. The van der Waals surface area contributed by atoms with Gasteiger partial charge in [-0.1, -0.05) is 5.16 Å². The zero-order valence-electron chi connectivity index (χ0n) is 10.4. The van der Waals surface area contributed by atoms with Gasteiger partial charge in [-0.15, -0.1) is 11.3 Å². The van der Waals surface area contributed by atoms with Crippen molar-refractivity contribution in [1.82, 2.24) is 19.7 Å². The Balaban J connectivity index is 1.84. The van der Waals surface area contributed by atoms with Gasteiger partial charge < -0.3 is 9.09 Å². The van der Waals surface area contributed by atoms with Gasteiger partial charge in [-0.05, 0) is 35.8 Å². The monoisotopic (exact) mass is 338 g/mol. The van der Waals surface area contributed by atoms with E-state index >= 15 is 0 Å². The van der Waals surface area contributed by atoms with Gasteiger partial charge in [0.25, 0.3) is 0 Å². The zero-order valence-corrected chi connectivity index (χ0v) is 12.8. The van der Waals surface area contributed by atoms with Crippen molar-refractivity contribution >= 4 is 27.3 Å². The zero-order chi connectivity index (χ0) is 13.4. The van der Waals surface area contributed by atoms with Gasteiger partial charge in [0.05, 0.1) is 16.9 Å². The number of hydrogen-bond acceptors (Lipinski definition) is 5. The molecule has 0 amide bonds. The van der Waals surface area contributed by atoms with E-state index in [0.717, 1.165) is 20.7 Å². The van der Waals surface area contributed by atoms with Crippen LogP contribution in [0.4, 0.5) is 0 Å². The quantitative estimate of drug-likeness (QED) is 0.734. The van der Waals surface area contributed by atoms with Crippen LogP contribution in [0.5, 0.6) is 0 Å². The molecule has 0 atom stereocenters. The molecule has 0 unspecified atom stereocenters. The minimum atomic E-state index is 0.548. The van der Waals surface area contributed by atoms with E-state index in [1.807, 2.05) is 29.9 Å². The molecule has 0 bridgehead atoms. The summed E-state index contributed by atoms with van der Waals surface area (Å²) in [4.78, 5) is 9.64. The number of nitrogens with zero attached hydrogens (tertiary/aromatic N) is 4. The number of imidazole rings is 1. The summed E-state index contributed by atoms with van der Waals surface area (Å²) in [6, 6.07) is 1.98. The van der Waals surface area contributed by atoms with Crippen LogP contribution in [-0.2, 0) is 6.54 Å². The van der Waals surface area contributed by atoms with Gasteiger partial charge in [-0.3, -0.25) is 0 Å². The minimum Gasteiger partial charge on any atom is -0.337 e. The Morgan fingerprint density at radius 2 is 2.26 bits per heavy atom. The fourth-order valence-corrected chi connectivity index (χ4v) is 3.05. The second-order valence-electron chi connectivity index (χ2n) is 4.18. The first kappa shape index (κ1) is 12.6. The summed E-state index contributed by atoms with van der Waals surface area (Å²) in [7, 11) is 0. The standard InChI is InChI=1S/C12H11BrN4OS/c1-7-8(2)17(6-14-7)4-11-15-12(16-18-11)10-3-9(13)5-19-10/h3,5-6H,4H2,1-2H3. The lowest BCUT2D eigenvalue weighted by Gasteiger charge is -1.99. The van der Waals surface area contributed by atoms with E-state index < -0.39 is 0 Å². The van der Waals surface area contributed by atoms with Crippen molar-refractivity contribution in [1.29, 1.82) is 0 Å². The predicted octanol–water partition coefficient (Wildman–Crippen LogP) is 3.42. The first-order chi connectivity index (χ1) is 9.13. The fraction of sp³-hybridized carbons (Fsp3) is 0.250. The number of rotatable bonds is 3. The molecular formula is C12H11BrN4OS. The Morgan fingerprint density at radius 1 is 1.42 bits per heavy atom. The highest BCUT2D eigenvalue weighted by Gasteiger charge is 2.12. The van der Waals surface area contributed by atoms with Crippen molar-refractivity contribution in [2.24, 2.45) is 0 Å². The Labute approximate surface area is 122 Å². The van der Waals surface area contributed by atoms with E-state index in [1.54, 1.807) is 17.7 Å². The van der Waals surface area contributed by atoms with Crippen LogP contribution >= 0.6 is 27.3 Å². The second kappa shape index (κ2) is 4.90. The van der Waals surface area contributed by atoms with Crippen molar-refractivity contribution in [2.45, 2.75) is 20.4 Å². The molecule has 0 saturated heterocycles. The number of thiophene rings is 1. The molecule has 19 heavy (non-hydrogen) atoms. The molecule has 3 aromatic heterocycles. The molecule has 5 nitrogen and oxygen atoms in total. The molecule has 3 rings (SSSR count). The molecule has 0 aromatic carbocycles. The van der Waals surface area contributed by atoms with Gasteiger partial charge in [-0.25, -0.2) is 4.98 Å². The first-order valence-corrected chi connectivity index (χ1v) is 7.36. The highest BCUT2D eigenvalue weighted by molar-refractivity contribution is 9.10. The highest BCUT2D eigenvalue weighted by Crippen LogP contribution is 2.27. The van der Waals surface area contributed by atoms with Gasteiger partial charge in [0, 0.05) is 15.5 Å². The lowest BCUT2D eigenvalue weighted by atomic mass is 10.4. The normalized spacial score (nSPS) is 11.1. The second-order valence-corrected chi connectivity index (χ2v) is 6.01. The molecular weight excluding hydrogens is 328 g/mol. The number of halogens is 1. The highest BCUT2D eigenvalue weighted by atomic mass is 79.9. The summed E-state index contributed by atoms with van der Waals surface area (Å²) in [6.07, 6.45) is 1.79. The summed E-state index contributed by atoms with van der Waals surface area (Å²) in [5.74, 6) is 1.21. The maximum Gasteiger partial charge on any atom is 0.246 e. The summed E-state index contributed by atoms with van der Waals surface area (Å²) in [6.45, 7) is 4.55. The SMILES string of the molecule is Cc1ncn(Cc2nc(-c3cc(Br)cs3)no2)c1C. The predicted molar refractivity (Wildman–Crippen MR) is 76.1 cm³/mol. The third-order valence-corrected chi connectivity index (χ3v) is 4.59. The molecule has 0 saturated carbocycles. The maximum atomic E-state index is 5.28. The van der Waals surface area contributed by atoms with Crippen LogP contribution in [0.15, 0.2) is 26.8 Å². The third-order valence-electron chi connectivity index (χ3n) is 2.91. The van der Waals surface area contributed by atoms with Crippen molar-refractivity contribution in [3.05, 3.63) is 39.5 Å². The lowest BCUT2D eigenvalue weighted by molar-refractivity contribution is 0.370. The van der Waals surface area contributed by atoms with Crippen LogP contribution in [0.1, 0.15) is 17.3 Å². The Kier molecular flexibility index (Phi) is 3.24. The van der Waals surface area contributed by atoms with Crippen LogP contribution in [-0.4, -0.2) is 19.7 Å². The minimum absolute atomic E-state index is 0.548. The summed E-state index contributed by atoms with van der Waals surface area (Å²) < 4.78 is 8.30. The fourth-order valence-electron chi connectivity index (χ4n) is 1.70. The topological polar surface area (TPSA) is 56.7 Å². The average molecular weight is 339 g/mol. The molecule has 0 aliphatic rings. The van der Waals surface area contributed by atoms with Crippen LogP contribution in [0.25, 0.3) is 10.7 Å². The third kappa shape index (κ3) is 2.48. The molecule has 0 aliphatic carbocycles. The number of aromatic nitrogens is 4. The summed E-state index contributed by atoms with van der Waals surface area (Å²) in [5, 5.41) is 6.00. The first-order valence-electron chi connectivity index (χ1n) is 5.69. The van der Waals surface area contributed by atoms with Gasteiger partial charge in [-0.2, -0.15) is 4.98 Å². The molecule has 0 N–H and O–H groups in total. The van der Waals surface area contributed by atoms with Crippen LogP contribution in [0.2, 0.25) is 0 Å². The molecule has 3 aromatic rings. The Hall–Kier alpha value is -1.47.